The second-order valence-corrected chi connectivity index (χ2v) is 3.72. The lowest BCUT2D eigenvalue weighted by Crippen LogP contribution is -2.17. The third-order valence-electron chi connectivity index (χ3n) is 2.51. The fourth-order valence-electron chi connectivity index (χ4n) is 1.74. The van der Waals surface area contributed by atoms with E-state index in [4.69, 9.17) is 9.84 Å². The van der Waals surface area contributed by atoms with Crippen LogP contribution in [-0.2, 0) is 9.53 Å². The lowest BCUT2D eigenvalue weighted by Gasteiger charge is -2.21. The van der Waals surface area contributed by atoms with Crippen molar-refractivity contribution in [1.82, 2.24) is 0 Å². The molecule has 0 aromatic carbocycles. The number of unbranched alkanes of at least 4 members (excludes halogenated alkanes) is 1. The molecule has 0 saturated carbocycles. The number of aliphatic carboxylic acids is 1. The predicted molar refractivity (Wildman–Crippen MR) is 49.6 cm³/mol. The van der Waals surface area contributed by atoms with Gasteiger partial charge in [0.2, 0.25) is 0 Å². The van der Waals surface area contributed by atoms with Crippen molar-refractivity contribution >= 4 is 5.97 Å². The summed E-state index contributed by atoms with van der Waals surface area (Å²) in [5, 5.41) is 8.43. The molecule has 1 heterocycles. The molecule has 0 bridgehead atoms. The number of carboxylic acids is 1. The van der Waals surface area contributed by atoms with E-state index in [1.807, 2.05) is 0 Å². The Morgan fingerprint density at radius 3 is 2.92 bits per heavy atom. The minimum absolute atomic E-state index is 0.313. The van der Waals surface area contributed by atoms with Gasteiger partial charge in [-0.2, -0.15) is 0 Å². The maximum Gasteiger partial charge on any atom is 0.303 e. The molecule has 1 saturated heterocycles. The molecule has 1 atom stereocenters. The Morgan fingerprint density at radius 2 is 2.31 bits per heavy atom. The van der Waals surface area contributed by atoms with Crippen LogP contribution in [0.3, 0.4) is 0 Å². The highest BCUT2D eigenvalue weighted by atomic mass is 16.5. The summed E-state index contributed by atoms with van der Waals surface area (Å²) in [6.45, 7) is 1.79. The zero-order chi connectivity index (χ0) is 9.52. The van der Waals surface area contributed by atoms with E-state index in [1.54, 1.807) is 0 Å². The van der Waals surface area contributed by atoms with Gasteiger partial charge < -0.3 is 9.84 Å². The summed E-state index contributed by atoms with van der Waals surface area (Å²) < 4.78 is 5.34. The van der Waals surface area contributed by atoms with Crippen LogP contribution in [0, 0.1) is 5.92 Å². The summed E-state index contributed by atoms with van der Waals surface area (Å²) in [4.78, 5) is 10.2. The molecule has 1 aliphatic rings. The molecule has 3 nitrogen and oxygen atoms in total. The van der Waals surface area contributed by atoms with E-state index in [-0.39, 0.29) is 0 Å². The number of hydrogen-bond acceptors (Lipinski definition) is 2. The molecule has 1 fully saturated rings. The molecule has 13 heavy (non-hydrogen) atoms. The molecular weight excluding hydrogens is 168 g/mol. The Morgan fingerprint density at radius 1 is 1.46 bits per heavy atom. The van der Waals surface area contributed by atoms with Gasteiger partial charge in [0.05, 0.1) is 0 Å². The Hall–Kier alpha value is -0.570. The molecule has 0 radical (unpaired) electrons. The highest BCUT2D eigenvalue weighted by Crippen LogP contribution is 2.19. The predicted octanol–water partition coefficient (Wildman–Crippen LogP) is 2.06. The molecular formula is C10H18O3. The molecule has 0 aromatic heterocycles. The van der Waals surface area contributed by atoms with E-state index in [1.165, 1.54) is 12.8 Å². The van der Waals surface area contributed by atoms with Crippen molar-refractivity contribution in [2.24, 2.45) is 5.92 Å². The maximum atomic E-state index is 10.2. The summed E-state index contributed by atoms with van der Waals surface area (Å²) in [5.74, 6) is 0.00226. The number of carbonyl (C=O) groups is 1. The van der Waals surface area contributed by atoms with Crippen molar-refractivity contribution in [1.29, 1.82) is 0 Å². The van der Waals surface area contributed by atoms with Crippen LogP contribution in [0.2, 0.25) is 0 Å². The van der Waals surface area contributed by atoms with Crippen LogP contribution in [0.1, 0.15) is 38.5 Å². The van der Waals surface area contributed by atoms with Crippen molar-refractivity contribution in [3.05, 3.63) is 0 Å². The fraction of sp³-hybridized carbons (Fsp3) is 0.900. The Bertz CT molecular complexity index is 150. The maximum absolute atomic E-state index is 10.2. The SMILES string of the molecule is O=C(O)CCCC[C@@H]1CCCOC1. The van der Waals surface area contributed by atoms with Crippen molar-refractivity contribution in [3.63, 3.8) is 0 Å². The third kappa shape index (κ3) is 4.88. The molecule has 76 valence electrons. The second kappa shape index (κ2) is 5.97. The summed E-state index contributed by atoms with van der Waals surface area (Å²) in [6, 6.07) is 0. The van der Waals surface area contributed by atoms with Gasteiger partial charge in [0.25, 0.3) is 0 Å². The van der Waals surface area contributed by atoms with Crippen molar-refractivity contribution < 1.29 is 14.6 Å². The van der Waals surface area contributed by atoms with Crippen LogP contribution in [0.15, 0.2) is 0 Å². The first-order valence-corrected chi connectivity index (χ1v) is 5.08. The van der Waals surface area contributed by atoms with Crippen LogP contribution < -0.4 is 0 Å². The molecule has 0 unspecified atom stereocenters. The first-order valence-electron chi connectivity index (χ1n) is 5.08. The molecule has 3 heteroatoms. The Balaban J connectivity index is 1.95. The van der Waals surface area contributed by atoms with Crippen molar-refractivity contribution in [2.75, 3.05) is 13.2 Å². The van der Waals surface area contributed by atoms with Crippen LogP contribution >= 0.6 is 0 Å². The van der Waals surface area contributed by atoms with Gasteiger partial charge in [-0.1, -0.05) is 6.42 Å². The van der Waals surface area contributed by atoms with Gasteiger partial charge in [-0.25, -0.2) is 0 Å². The van der Waals surface area contributed by atoms with Gasteiger partial charge in [-0.05, 0) is 31.6 Å². The normalized spacial score (nSPS) is 22.9. The highest BCUT2D eigenvalue weighted by molar-refractivity contribution is 5.66. The van der Waals surface area contributed by atoms with Crippen LogP contribution in [-0.4, -0.2) is 24.3 Å². The van der Waals surface area contributed by atoms with Gasteiger partial charge in [0.1, 0.15) is 0 Å². The number of hydrogen-bond donors (Lipinski definition) is 1. The first-order chi connectivity index (χ1) is 6.29. The quantitative estimate of drug-likeness (QED) is 0.668. The minimum atomic E-state index is -0.681. The zero-order valence-electron chi connectivity index (χ0n) is 8.00. The zero-order valence-corrected chi connectivity index (χ0v) is 8.00. The van der Waals surface area contributed by atoms with Crippen LogP contribution in [0.4, 0.5) is 0 Å². The van der Waals surface area contributed by atoms with E-state index < -0.39 is 5.97 Å². The van der Waals surface area contributed by atoms with Gasteiger partial charge in [0.15, 0.2) is 0 Å². The van der Waals surface area contributed by atoms with E-state index in [9.17, 15) is 4.79 Å². The van der Waals surface area contributed by atoms with E-state index in [0.717, 1.165) is 32.5 Å². The highest BCUT2D eigenvalue weighted by Gasteiger charge is 2.13. The lowest BCUT2D eigenvalue weighted by atomic mass is 9.96. The average molecular weight is 186 g/mol. The average Bonchev–Trinajstić information content (AvgIpc) is 2.14. The van der Waals surface area contributed by atoms with E-state index in [2.05, 4.69) is 0 Å². The summed E-state index contributed by atoms with van der Waals surface area (Å²) in [5.41, 5.74) is 0. The summed E-state index contributed by atoms with van der Waals surface area (Å²) in [7, 11) is 0. The molecule has 1 rings (SSSR count). The van der Waals surface area contributed by atoms with E-state index in [0.29, 0.717) is 12.3 Å². The molecule has 1 aliphatic heterocycles. The van der Waals surface area contributed by atoms with Gasteiger partial charge in [-0.15, -0.1) is 0 Å². The lowest BCUT2D eigenvalue weighted by molar-refractivity contribution is -0.137. The molecule has 0 spiro atoms. The Labute approximate surface area is 79.1 Å². The fourth-order valence-corrected chi connectivity index (χ4v) is 1.74. The van der Waals surface area contributed by atoms with E-state index >= 15 is 0 Å². The second-order valence-electron chi connectivity index (χ2n) is 3.72. The Kier molecular flexibility index (Phi) is 4.83. The minimum Gasteiger partial charge on any atom is -0.481 e. The smallest absolute Gasteiger partial charge is 0.303 e. The number of ether oxygens (including phenoxy) is 1. The van der Waals surface area contributed by atoms with Crippen molar-refractivity contribution in [3.8, 4) is 0 Å². The molecule has 0 aliphatic carbocycles. The molecule has 1 N–H and O–H groups in total. The third-order valence-corrected chi connectivity index (χ3v) is 2.51. The monoisotopic (exact) mass is 186 g/mol. The molecule has 0 amide bonds. The molecule has 0 aromatic rings. The topological polar surface area (TPSA) is 46.5 Å². The van der Waals surface area contributed by atoms with Crippen LogP contribution in [0.5, 0.6) is 0 Å². The number of carboxylic acid groups (broad SMARTS) is 1. The first kappa shape index (κ1) is 10.5. The van der Waals surface area contributed by atoms with Gasteiger partial charge in [0, 0.05) is 19.6 Å². The largest absolute Gasteiger partial charge is 0.481 e. The summed E-state index contributed by atoms with van der Waals surface area (Å²) >= 11 is 0. The van der Waals surface area contributed by atoms with Crippen molar-refractivity contribution in [2.45, 2.75) is 38.5 Å². The number of rotatable bonds is 5. The summed E-state index contributed by atoms with van der Waals surface area (Å²) in [6.07, 6.45) is 5.71. The van der Waals surface area contributed by atoms with Gasteiger partial charge in [-0.3, -0.25) is 4.79 Å². The van der Waals surface area contributed by atoms with Gasteiger partial charge >= 0.3 is 5.97 Å². The standard InChI is InChI=1S/C10H18O3/c11-10(12)6-2-1-4-9-5-3-7-13-8-9/h9H,1-8H2,(H,11,12)/t9-/m1/s1. The van der Waals surface area contributed by atoms with Crippen LogP contribution in [0.25, 0.3) is 0 Å².